The number of carbonyl (C=O) groups is 2. The third kappa shape index (κ3) is 8.38. The number of amides is 2. The van der Waals surface area contributed by atoms with E-state index in [2.05, 4.69) is 5.32 Å². The number of carbonyl (C=O) groups excluding carboxylic acids is 2. The van der Waals surface area contributed by atoms with Crippen molar-refractivity contribution < 1.29 is 18.0 Å². The first kappa shape index (κ1) is 28.4. The van der Waals surface area contributed by atoms with Crippen LogP contribution in [0.1, 0.15) is 56.2 Å². The van der Waals surface area contributed by atoms with E-state index in [9.17, 15) is 18.0 Å². The molecule has 2 aromatic carbocycles. The van der Waals surface area contributed by atoms with Gasteiger partial charge in [0.25, 0.3) is 0 Å². The molecule has 1 N–H and O–H groups in total. The van der Waals surface area contributed by atoms with E-state index in [1.165, 1.54) is 10.6 Å². The molecule has 0 aliphatic rings. The van der Waals surface area contributed by atoms with Crippen LogP contribution in [0.4, 0.5) is 5.69 Å². The minimum Gasteiger partial charge on any atom is -0.354 e. The largest absolute Gasteiger partial charge is 0.354 e. The Balaban J connectivity index is 2.19. The van der Waals surface area contributed by atoms with E-state index < -0.39 is 16.1 Å². The Labute approximate surface area is 210 Å². The monoisotopic (exact) mass is 501 g/mol. The number of anilines is 1. The summed E-state index contributed by atoms with van der Waals surface area (Å²) in [5, 5.41) is 2.91. The van der Waals surface area contributed by atoms with Crippen molar-refractivity contribution in [2.45, 2.75) is 66.0 Å². The highest BCUT2D eigenvalue weighted by Gasteiger charge is 2.28. The molecule has 2 rings (SSSR count). The quantitative estimate of drug-likeness (QED) is 0.446. The van der Waals surface area contributed by atoms with Crippen LogP contribution in [0.5, 0.6) is 0 Å². The van der Waals surface area contributed by atoms with Crippen molar-refractivity contribution in [3.8, 4) is 0 Å². The molecule has 0 bridgehead atoms. The van der Waals surface area contributed by atoms with Crippen molar-refractivity contribution in [1.82, 2.24) is 10.2 Å². The second-order valence-corrected chi connectivity index (χ2v) is 10.8. The fourth-order valence-electron chi connectivity index (χ4n) is 3.95. The van der Waals surface area contributed by atoms with Crippen LogP contribution in [0.15, 0.2) is 48.5 Å². The number of rotatable bonds is 13. The van der Waals surface area contributed by atoms with Crippen LogP contribution in [-0.2, 0) is 26.2 Å². The number of aryl methyl sites for hydroxylation is 2. The zero-order valence-electron chi connectivity index (χ0n) is 21.6. The molecule has 0 aliphatic carbocycles. The molecule has 7 nitrogen and oxygen atoms in total. The van der Waals surface area contributed by atoms with Crippen molar-refractivity contribution in [3.63, 3.8) is 0 Å². The van der Waals surface area contributed by atoms with Crippen LogP contribution in [-0.4, -0.2) is 50.5 Å². The minimum absolute atomic E-state index is 0.140. The number of benzene rings is 2. The first-order chi connectivity index (χ1) is 16.6. The fraction of sp³-hybridized carbons (Fsp3) is 0.481. The summed E-state index contributed by atoms with van der Waals surface area (Å²) in [5.41, 5.74) is 3.62. The van der Waals surface area contributed by atoms with E-state index in [0.29, 0.717) is 31.6 Å². The Bertz CT molecular complexity index is 1090. The third-order valence-corrected chi connectivity index (χ3v) is 7.26. The van der Waals surface area contributed by atoms with Crippen molar-refractivity contribution in [1.29, 1.82) is 0 Å². The van der Waals surface area contributed by atoms with Gasteiger partial charge in [0.15, 0.2) is 0 Å². The Morgan fingerprint density at radius 1 is 1.00 bits per heavy atom. The lowest BCUT2D eigenvalue weighted by molar-refractivity contribution is -0.141. The molecule has 0 spiro atoms. The van der Waals surface area contributed by atoms with Gasteiger partial charge in [0.1, 0.15) is 6.04 Å². The lowest BCUT2D eigenvalue weighted by Crippen LogP contribution is -2.49. The highest BCUT2D eigenvalue weighted by Crippen LogP contribution is 2.22. The summed E-state index contributed by atoms with van der Waals surface area (Å²) in [6, 6.07) is 14.5. The molecule has 0 aromatic heterocycles. The van der Waals surface area contributed by atoms with Crippen molar-refractivity contribution in [2.75, 3.05) is 23.7 Å². The summed E-state index contributed by atoms with van der Waals surface area (Å²) in [6.07, 6.45) is 2.97. The summed E-state index contributed by atoms with van der Waals surface area (Å²) in [5.74, 6) is -0.326. The van der Waals surface area contributed by atoms with Gasteiger partial charge in [-0.15, -0.1) is 0 Å². The molecule has 0 radical (unpaired) electrons. The summed E-state index contributed by atoms with van der Waals surface area (Å²) < 4.78 is 26.3. The second-order valence-electron chi connectivity index (χ2n) is 8.93. The third-order valence-electron chi connectivity index (χ3n) is 6.06. The van der Waals surface area contributed by atoms with Gasteiger partial charge in [0.05, 0.1) is 11.9 Å². The van der Waals surface area contributed by atoms with E-state index in [1.807, 2.05) is 70.2 Å². The van der Waals surface area contributed by atoms with Gasteiger partial charge in [-0.25, -0.2) is 8.42 Å². The van der Waals surface area contributed by atoms with Crippen molar-refractivity contribution >= 4 is 27.5 Å². The smallest absolute Gasteiger partial charge is 0.242 e. The maximum atomic E-state index is 13.4. The summed E-state index contributed by atoms with van der Waals surface area (Å²) in [7, 11) is -3.51. The molecule has 0 aliphatic heterocycles. The molecular weight excluding hydrogens is 462 g/mol. The molecule has 0 fully saturated rings. The number of sulfonamides is 1. The average molecular weight is 502 g/mol. The normalized spacial score (nSPS) is 12.1. The first-order valence-electron chi connectivity index (χ1n) is 12.2. The maximum absolute atomic E-state index is 13.4. The minimum atomic E-state index is -3.51. The molecule has 0 saturated heterocycles. The molecule has 1 unspecified atom stereocenters. The van der Waals surface area contributed by atoms with E-state index >= 15 is 0 Å². The van der Waals surface area contributed by atoms with Crippen LogP contribution in [0.25, 0.3) is 0 Å². The SMILES string of the molecule is CCCNC(=O)C(CC)N(Cc1ccccc1)C(=O)CCCN(c1ccc(C)c(C)c1)S(C)(=O)=O. The summed E-state index contributed by atoms with van der Waals surface area (Å²) in [6.45, 7) is 8.87. The second kappa shape index (κ2) is 13.3. The van der Waals surface area contributed by atoms with Crippen LogP contribution in [0.2, 0.25) is 0 Å². The molecule has 1 atom stereocenters. The van der Waals surface area contributed by atoms with Gasteiger partial charge in [0, 0.05) is 26.1 Å². The van der Waals surface area contributed by atoms with E-state index in [4.69, 9.17) is 0 Å². The topological polar surface area (TPSA) is 86.8 Å². The zero-order chi connectivity index (χ0) is 26.0. The van der Waals surface area contributed by atoms with Crippen LogP contribution in [0, 0.1) is 13.8 Å². The van der Waals surface area contributed by atoms with Crippen LogP contribution >= 0.6 is 0 Å². The molecule has 2 amide bonds. The van der Waals surface area contributed by atoms with E-state index in [0.717, 1.165) is 23.1 Å². The predicted octanol–water partition coefficient (Wildman–Crippen LogP) is 4.18. The summed E-state index contributed by atoms with van der Waals surface area (Å²) in [4.78, 5) is 27.8. The zero-order valence-corrected chi connectivity index (χ0v) is 22.4. The highest BCUT2D eigenvalue weighted by molar-refractivity contribution is 7.92. The summed E-state index contributed by atoms with van der Waals surface area (Å²) >= 11 is 0. The Kier molecular flexibility index (Phi) is 10.8. The predicted molar refractivity (Wildman–Crippen MR) is 142 cm³/mol. The molecular formula is C27H39N3O4S. The van der Waals surface area contributed by atoms with Crippen LogP contribution in [0.3, 0.4) is 0 Å². The van der Waals surface area contributed by atoms with Crippen molar-refractivity contribution in [3.05, 3.63) is 65.2 Å². The van der Waals surface area contributed by atoms with Crippen LogP contribution < -0.4 is 9.62 Å². The molecule has 0 heterocycles. The van der Waals surface area contributed by atoms with Gasteiger partial charge in [-0.3, -0.25) is 13.9 Å². The van der Waals surface area contributed by atoms with Crippen molar-refractivity contribution in [2.24, 2.45) is 0 Å². The number of hydrogen-bond donors (Lipinski definition) is 1. The molecule has 8 heteroatoms. The Morgan fingerprint density at radius 3 is 2.26 bits per heavy atom. The maximum Gasteiger partial charge on any atom is 0.242 e. The Morgan fingerprint density at radius 2 is 1.69 bits per heavy atom. The van der Waals surface area contributed by atoms with Gasteiger partial charge < -0.3 is 10.2 Å². The van der Waals surface area contributed by atoms with Gasteiger partial charge in [0.2, 0.25) is 21.8 Å². The Hall–Kier alpha value is -2.87. The molecule has 0 saturated carbocycles. The lowest BCUT2D eigenvalue weighted by atomic mass is 10.1. The van der Waals surface area contributed by atoms with Gasteiger partial charge >= 0.3 is 0 Å². The average Bonchev–Trinajstić information content (AvgIpc) is 2.82. The number of nitrogens with one attached hydrogen (secondary N) is 1. The lowest BCUT2D eigenvalue weighted by Gasteiger charge is -2.31. The van der Waals surface area contributed by atoms with Gasteiger partial charge in [-0.2, -0.15) is 0 Å². The fourth-order valence-corrected chi connectivity index (χ4v) is 4.91. The number of nitrogens with zero attached hydrogens (tertiary/aromatic N) is 2. The van der Waals surface area contributed by atoms with E-state index in [1.54, 1.807) is 11.0 Å². The highest BCUT2D eigenvalue weighted by atomic mass is 32.2. The van der Waals surface area contributed by atoms with E-state index in [-0.39, 0.29) is 24.8 Å². The first-order valence-corrected chi connectivity index (χ1v) is 14.1. The number of hydrogen-bond acceptors (Lipinski definition) is 4. The molecule has 35 heavy (non-hydrogen) atoms. The molecule has 192 valence electrons. The molecule has 2 aromatic rings. The van der Waals surface area contributed by atoms with Gasteiger partial charge in [-0.05, 0) is 61.9 Å². The van der Waals surface area contributed by atoms with Gasteiger partial charge in [-0.1, -0.05) is 50.2 Å². The standard InChI is InChI=1S/C27H39N3O4S/c1-6-17-28-27(32)25(7-2)29(20-23-12-9-8-10-13-23)26(31)14-11-18-30(35(5,33)34)24-16-15-21(3)22(4)19-24/h8-10,12-13,15-16,19,25H,6-7,11,14,17-18,20H2,1-5H3,(H,28,32).